The van der Waals surface area contributed by atoms with Crippen molar-refractivity contribution in [1.29, 1.82) is 0 Å². The maximum absolute atomic E-state index is 12.5. The predicted molar refractivity (Wildman–Crippen MR) is 90.1 cm³/mol. The molecule has 26 heavy (non-hydrogen) atoms. The average Bonchev–Trinajstić information content (AvgIpc) is 3.02. The molecule has 1 aromatic rings. The van der Waals surface area contributed by atoms with Crippen molar-refractivity contribution in [1.82, 2.24) is 10.2 Å². The van der Waals surface area contributed by atoms with Crippen molar-refractivity contribution in [2.24, 2.45) is 5.92 Å². The van der Waals surface area contributed by atoms with Crippen molar-refractivity contribution >= 4 is 17.7 Å². The number of rotatable bonds is 4. The summed E-state index contributed by atoms with van der Waals surface area (Å²) in [5.74, 6) is -0.0327. The molecule has 140 valence electrons. The van der Waals surface area contributed by atoms with Crippen LogP contribution in [0.3, 0.4) is 0 Å². The average molecular weight is 363 g/mol. The molecule has 2 amide bonds. The van der Waals surface area contributed by atoms with Gasteiger partial charge >= 0.3 is 6.09 Å². The first-order valence-electron chi connectivity index (χ1n) is 8.55. The summed E-state index contributed by atoms with van der Waals surface area (Å²) in [6, 6.07) is 5.55. The van der Waals surface area contributed by atoms with Crippen LogP contribution in [0.2, 0.25) is 0 Å². The number of hydrogen-bond donors (Lipinski definition) is 2. The SMILES string of the molecule is O=C1C[C@H]([C@@H]2C[C@@H](O)CN2C(=O)OCc2ccc([N+](=O)[O-])cc2)CCN1. The van der Waals surface area contributed by atoms with E-state index in [4.69, 9.17) is 4.74 Å². The summed E-state index contributed by atoms with van der Waals surface area (Å²) >= 11 is 0. The number of hydrogen-bond acceptors (Lipinski definition) is 6. The van der Waals surface area contributed by atoms with Crippen molar-refractivity contribution in [3.05, 3.63) is 39.9 Å². The van der Waals surface area contributed by atoms with Crippen LogP contribution in [-0.2, 0) is 16.1 Å². The van der Waals surface area contributed by atoms with Gasteiger partial charge < -0.3 is 20.1 Å². The van der Waals surface area contributed by atoms with E-state index in [0.717, 1.165) is 6.42 Å². The second-order valence-corrected chi connectivity index (χ2v) is 6.69. The number of aliphatic hydroxyl groups excluding tert-OH is 1. The maximum Gasteiger partial charge on any atom is 0.410 e. The van der Waals surface area contributed by atoms with Gasteiger partial charge in [-0.05, 0) is 36.5 Å². The number of nitro groups is 1. The topological polar surface area (TPSA) is 122 Å². The number of piperidine rings is 1. The summed E-state index contributed by atoms with van der Waals surface area (Å²) < 4.78 is 5.31. The van der Waals surface area contributed by atoms with Crippen LogP contribution in [0.25, 0.3) is 0 Å². The van der Waals surface area contributed by atoms with E-state index in [1.165, 1.54) is 29.2 Å². The summed E-state index contributed by atoms with van der Waals surface area (Å²) in [6.07, 6.45) is 0.358. The molecule has 3 rings (SSSR count). The van der Waals surface area contributed by atoms with Crippen molar-refractivity contribution in [2.45, 2.75) is 38.0 Å². The van der Waals surface area contributed by atoms with Crippen LogP contribution in [0.4, 0.5) is 10.5 Å². The molecular formula is C17H21N3O6. The smallest absolute Gasteiger partial charge is 0.410 e. The van der Waals surface area contributed by atoms with Crippen LogP contribution >= 0.6 is 0 Å². The Morgan fingerprint density at radius 2 is 2.12 bits per heavy atom. The molecule has 3 atom stereocenters. The lowest BCUT2D eigenvalue weighted by atomic mass is 9.88. The minimum absolute atomic E-state index is 0.00725. The molecule has 2 fully saturated rings. The summed E-state index contributed by atoms with van der Waals surface area (Å²) in [7, 11) is 0. The molecule has 2 N–H and O–H groups in total. The van der Waals surface area contributed by atoms with Gasteiger partial charge in [0.2, 0.25) is 5.91 Å². The number of nitrogens with zero attached hydrogens (tertiary/aromatic N) is 2. The Balaban J connectivity index is 1.60. The highest BCUT2D eigenvalue weighted by molar-refractivity contribution is 5.77. The maximum atomic E-state index is 12.5. The standard InChI is InChI=1S/C17H21N3O6/c21-14-8-15(12-5-6-18-16(22)7-12)19(9-14)17(23)26-10-11-1-3-13(4-2-11)20(24)25/h1-4,12,14-15,21H,5-10H2,(H,18,22)/t12-,14-,15+/m1/s1. The monoisotopic (exact) mass is 363 g/mol. The quantitative estimate of drug-likeness (QED) is 0.612. The number of carbonyl (C=O) groups is 2. The number of aliphatic hydroxyl groups is 1. The zero-order valence-corrected chi connectivity index (χ0v) is 14.2. The Hall–Kier alpha value is -2.68. The number of β-amino-alcohol motifs (C(OH)–C–C–N with tert-alkyl or cyclic N) is 1. The Morgan fingerprint density at radius 3 is 2.77 bits per heavy atom. The molecule has 0 radical (unpaired) electrons. The first-order chi connectivity index (χ1) is 12.4. The number of carbonyl (C=O) groups excluding carboxylic acids is 2. The van der Waals surface area contributed by atoms with Crippen LogP contribution in [0.15, 0.2) is 24.3 Å². The first-order valence-corrected chi connectivity index (χ1v) is 8.55. The molecule has 0 spiro atoms. The molecule has 2 saturated heterocycles. The van der Waals surface area contributed by atoms with E-state index in [1.54, 1.807) is 0 Å². The third kappa shape index (κ3) is 4.10. The Kier molecular flexibility index (Phi) is 5.36. The minimum Gasteiger partial charge on any atom is -0.445 e. The first kappa shape index (κ1) is 18.1. The Morgan fingerprint density at radius 1 is 1.38 bits per heavy atom. The Labute approximate surface area is 150 Å². The molecule has 0 aliphatic carbocycles. The van der Waals surface area contributed by atoms with Crippen molar-refractivity contribution in [2.75, 3.05) is 13.1 Å². The highest BCUT2D eigenvalue weighted by Crippen LogP contribution is 2.30. The predicted octanol–water partition coefficient (Wildman–Crippen LogP) is 1.19. The van der Waals surface area contributed by atoms with Crippen LogP contribution in [-0.4, -0.2) is 52.2 Å². The molecule has 2 heterocycles. The van der Waals surface area contributed by atoms with Gasteiger partial charge in [0, 0.05) is 31.1 Å². The normalized spacial score (nSPS) is 25.7. The fourth-order valence-electron chi connectivity index (χ4n) is 3.58. The van der Waals surface area contributed by atoms with E-state index in [1.807, 2.05) is 0 Å². The molecule has 9 nitrogen and oxygen atoms in total. The van der Waals surface area contributed by atoms with E-state index in [2.05, 4.69) is 5.32 Å². The van der Waals surface area contributed by atoms with Crippen molar-refractivity contribution in [3.63, 3.8) is 0 Å². The number of non-ortho nitro benzene ring substituents is 1. The van der Waals surface area contributed by atoms with E-state index >= 15 is 0 Å². The fourth-order valence-corrected chi connectivity index (χ4v) is 3.58. The Bertz CT molecular complexity index is 692. The van der Waals surface area contributed by atoms with Crippen LogP contribution in [0.1, 0.15) is 24.8 Å². The second kappa shape index (κ2) is 7.69. The van der Waals surface area contributed by atoms with E-state index < -0.39 is 17.1 Å². The lowest BCUT2D eigenvalue weighted by Crippen LogP contribution is -2.45. The molecule has 9 heteroatoms. The van der Waals surface area contributed by atoms with Gasteiger partial charge in [0.05, 0.1) is 17.6 Å². The summed E-state index contributed by atoms with van der Waals surface area (Å²) in [5.41, 5.74) is 0.607. The largest absolute Gasteiger partial charge is 0.445 e. The van der Waals surface area contributed by atoms with E-state index in [9.17, 15) is 24.8 Å². The molecular weight excluding hydrogens is 342 g/mol. The molecule has 2 aliphatic rings. The van der Waals surface area contributed by atoms with Crippen LogP contribution in [0.5, 0.6) is 0 Å². The lowest BCUT2D eigenvalue weighted by Gasteiger charge is -2.32. The van der Waals surface area contributed by atoms with Gasteiger partial charge in [-0.25, -0.2) is 4.79 Å². The number of benzene rings is 1. The van der Waals surface area contributed by atoms with Crippen molar-refractivity contribution < 1.29 is 24.4 Å². The van der Waals surface area contributed by atoms with Gasteiger partial charge in [0.1, 0.15) is 6.61 Å². The fraction of sp³-hybridized carbons (Fsp3) is 0.529. The lowest BCUT2D eigenvalue weighted by molar-refractivity contribution is -0.384. The molecule has 0 bridgehead atoms. The van der Waals surface area contributed by atoms with Gasteiger partial charge in [0.15, 0.2) is 0 Å². The van der Waals surface area contributed by atoms with Gasteiger partial charge in [0.25, 0.3) is 5.69 Å². The number of nitro benzene ring substituents is 1. The molecule has 2 aliphatic heterocycles. The van der Waals surface area contributed by atoms with Crippen LogP contribution in [0, 0.1) is 16.0 Å². The summed E-state index contributed by atoms with van der Waals surface area (Å²) in [5, 5.41) is 23.4. The second-order valence-electron chi connectivity index (χ2n) is 6.69. The molecule has 0 saturated carbocycles. The van der Waals surface area contributed by atoms with E-state index in [0.29, 0.717) is 24.9 Å². The number of nitrogens with one attached hydrogen (secondary N) is 1. The van der Waals surface area contributed by atoms with E-state index in [-0.39, 0.29) is 36.7 Å². The number of amides is 2. The van der Waals surface area contributed by atoms with Gasteiger partial charge in [-0.3, -0.25) is 14.9 Å². The third-order valence-corrected chi connectivity index (χ3v) is 4.89. The molecule has 0 unspecified atom stereocenters. The third-order valence-electron chi connectivity index (χ3n) is 4.89. The minimum atomic E-state index is -0.628. The zero-order chi connectivity index (χ0) is 18.7. The highest BCUT2D eigenvalue weighted by atomic mass is 16.6. The number of ether oxygens (including phenoxy) is 1. The van der Waals surface area contributed by atoms with Gasteiger partial charge in [-0.15, -0.1) is 0 Å². The van der Waals surface area contributed by atoms with Gasteiger partial charge in [-0.1, -0.05) is 0 Å². The summed E-state index contributed by atoms with van der Waals surface area (Å²) in [4.78, 5) is 35.7. The highest BCUT2D eigenvalue weighted by Gasteiger charge is 2.41. The van der Waals surface area contributed by atoms with Crippen molar-refractivity contribution in [3.8, 4) is 0 Å². The summed E-state index contributed by atoms with van der Waals surface area (Å²) in [6.45, 7) is 0.741. The number of likely N-dealkylation sites (tertiary alicyclic amines) is 1. The van der Waals surface area contributed by atoms with Gasteiger partial charge in [-0.2, -0.15) is 0 Å². The van der Waals surface area contributed by atoms with Crippen LogP contribution < -0.4 is 5.32 Å². The zero-order valence-electron chi connectivity index (χ0n) is 14.2. The molecule has 0 aromatic heterocycles. The molecule has 1 aromatic carbocycles.